The number of hydrogen-bond acceptors (Lipinski definition) is 3. The van der Waals surface area contributed by atoms with Crippen molar-refractivity contribution in [1.82, 2.24) is 4.98 Å². The van der Waals surface area contributed by atoms with E-state index in [1.807, 2.05) is 0 Å². The van der Waals surface area contributed by atoms with E-state index in [1.165, 1.54) is 6.92 Å². The van der Waals surface area contributed by atoms with Gasteiger partial charge in [0, 0.05) is 6.20 Å². The van der Waals surface area contributed by atoms with Crippen LogP contribution in [-0.2, 0) is 11.0 Å². The maximum atomic E-state index is 12.3. The van der Waals surface area contributed by atoms with E-state index in [-0.39, 0.29) is 16.6 Å². The molecule has 0 aliphatic heterocycles. The molecule has 1 rings (SSSR count). The number of aromatic nitrogens is 1. The Labute approximate surface area is 88.9 Å². The Morgan fingerprint density at radius 2 is 2.20 bits per heavy atom. The van der Waals surface area contributed by atoms with E-state index in [2.05, 4.69) is 4.98 Å². The lowest BCUT2D eigenvalue weighted by atomic mass is 10.3. The van der Waals surface area contributed by atoms with Crippen LogP contribution >= 0.6 is 11.8 Å². The normalized spacial score (nSPS) is 11.5. The summed E-state index contributed by atoms with van der Waals surface area (Å²) in [6, 6.07) is 1.84. The van der Waals surface area contributed by atoms with Crippen LogP contribution in [0.1, 0.15) is 12.5 Å². The quantitative estimate of drug-likeness (QED) is 0.754. The zero-order valence-corrected chi connectivity index (χ0v) is 8.65. The molecule has 0 saturated carbocycles. The average Bonchev–Trinajstić information content (AvgIpc) is 2.14. The molecule has 15 heavy (non-hydrogen) atoms. The smallest absolute Gasteiger partial charge is 0.299 e. The van der Waals surface area contributed by atoms with Gasteiger partial charge in [0.2, 0.25) is 0 Å². The molecule has 82 valence electrons. The monoisotopic (exact) mass is 235 g/mol. The van der Waals surface area contributed by atoms with Gasteiger partial charge in [0.15, 0.2) is 0 Å². The van der Waals surface area contributed by atoms with E-state index in [1.54, 1.807) is 0 Å². The Hall–Kier alpha value is -1.04. The van der Waals surface area contributed by atoms with Crippen molar-refractivity contribution < 1.29 is 18.0 Å². The first kappa shape index (κ1) is 12.0. The Bertz CT molecular complexity index is 365. The minimum absolute atomic E-state index is 0.0980. The highest BCUT2D eigenvalue weighted by Crippen LogP contribution is 2.30. The highest BCUT2D eigenvalue weighted by atomic mass is 32.2. The van der Waals surface area contributed by atoms with E-state index >= 15 is 0 Å². The summed E-state index contributed by atoms with van der Waals surface area (Å²) in [5, 5.41) is 0.208. The van der Waals surface area contributed by atoms with Crippen LogP contribution in [0.5, 0.6) is 0 Å². The van der Waals surface area contributed by atoms with Crippen LogP contribution in [0.4, 0.5) is 13.2 Å². The molecule has 0 aliphatic carbocycles. The van der Waals surface area contributed by atoms with E-state index < -0.39 is 11.7 Å². The molecule has 0 fully saturated rings. The van der Waals surface area contributed by atoms with Crippen LogP contribution in [0.25, 0.3) is 0 Å². The van der Waals surface area contributed by atoms with Gasteiger partial charge in [-0.05, 0) is 19.1 Å². The summed E-state index contributed by atoms with van der Waals surface area (Å²) in [6.45, 7) is 1.38. The summed E-state index contributed by atoms with van der Waals surface area (Å²) in [4.78, 5) is 14.4. The fraction of sp³-hybridized carbons (Fsp3) is 0.333. The summed E-state index contributed by atoms with van der Waals surface area (Å²) in [5.74, 6) is 0.0353. The number of pyridine rings is 1. The van der Waals surface area contributed by atoms with E-state index in [4.69, 9.17) is 0 Å². The summed E-state index contributed by atoms with van der Waals surface area (Å²) < 4.78 is 36.8. The third-order valence-electron chi connectivity index (χ3n) is 1.49. The third-order valence-corrected chi connectivity index (χ3v) is 2.56. The van der Waals surface area contributed by atoms with Crippen molar-refractivity contribution in [3.63, 3.8) is 0 Å². The maximum absolute atomic E-state index is 12.3. The minimum Gasteiger partial charge on any atom is -0.299 e. The predicted octanol–water partition coefficient (Wildman–Crippen LogP) is 2.78. The zero-order valence-electron chi connectivity index (χ0n) is 7.84. The van der Waals surface area contributed by atoms with Crippen molar-refractivity contribution in [2.24, 2.45) is 0 Å². The second-order valence-electron chi connectivity index (χ2n) is 2.87. The Balaban J connectivity index is 2.79. The van der Waals surface area contributed by atoms with Crippen molar-refractivity contribution in [3.8, 4) is 0 Å². The summed E-state index contributed by atoms with van der Waals surface area (Å²) in [5.41, 5.74) is -0.747. The van der Waals surface area contributed by atoms with Gasteiger partial charge in [-0.1, -0.05) is 11.8 Å². The number of nitrogens with zero attached hydrogens (tertiary/aromatic N) is 1. The van der Waals surface area contributed by atoms with Gasteiger partial charge in [0.05, 0.1) is 16.3 Å². The molecule has 1 aromatic heterocycles. The first-order chi connectivity index (χ1) is 6.89. The van der Waals surface area contributed by atoms with Crippen LogP contribution in [0, 0.1) is 0 Å². The number of Topliss-reactive ketones (excluding diaryl/α,β-unsaturated/α-hetero) is 1. The Morgan fingerprint density at radius 1 is 1.53 bits per heavy atom. The highest BCUT2D eigenvalue weighted by Gasteiger charge is 2.30. The molecule has 0 atom stereocenters. The lowest BCUT2D eigenvalue weighted by Crippen LogP contribution is -2.05. The van der Waals surface area contributed by atoms with Gasteiger partial charge in [-0.25, -0.2) is 4.98 Å². The Kier molecular flexibility index (Phi) is 3.73. The van der Waals surface area contributed by atoms with E-state index in [9.17, 15) is 18.0 Å². The molecule has 0 N–H and O–H groups in total. The maximum Gasteiger partial charge on any atom is 0.416 e. The molecule has 0 saturated heterocycles. The number of alkyl halides is 3. The van der Waals surface area contributed by atoms with Crippen molar-refractivity contribution in [1.29, 1.82) is 0 Å². The van der Waals surface area contributed by atoms with E-state index in [0.29, 0.717) is 0 Å². The molecule has 0 aliphatic rings. The van der Waals surface area contributed by atoms with Gasteiger partial charge >= 0.3 is 6.18 Å². The fourth-order valence-electron chi connectivity index (χ4n) is 0.840. The van der Waals surface area contributed by atoms with Gasteiger partial charge < -0.3 is 0 Å². The van der Waals surface area contributed by atoms with Crippen LogP contribution in [-0.4, -0.2) is 16.5 Å². The SMILES string of the molecule is CC(=O)CSc1cc(C(F)(F)F)ccn1. The summed E-state index contributed by atoms with van der Waals surface area (Å²) in [7, 11) is 0. The molecule has 0 unspecified atom stereocenters. The molecule has 6 heteroatoms. The predicted molar refractivity (Wildman–Crippen MR) is 50.6 cm³/mol. The first-order valence-corrected chi connectivity index (χ1v) is 5.03. The largest absolute Gasteiger partial charge is 0.416 e. The van der Waals surface area contributed by atoms with Crippen molar-refractivity contribution in [3.05, 3.63) is 23.9 Å². The molecular formula is C9H8F3NOS. The van der Waals surface area contributed by atoms with E-state index in [0.717, 1.165) is 30.1 Å². The van der Waals surface area contributed by atoms with Crippen LogP contribution < -0.4 is 0 Å². The lowest BCUT2D eigenvalue weighted by Gasteiger charge is -2.06. The number of carbonyl (C=O) groups is 1. The molecule has 0 radical (unpaired) electrons. The molecule has 1 heterocycles. The van der Waals surface area contributed by atoms with Gasteiger partial charge in [-0.2, -0.15) is 13.2 Å². The number of carbonyl (C=O) groups excluding carboxylic acids is 1. The number of halogens is 3. The van der Waals surface area contributed by atoms with Crippen molar-refractivity contribution in [2.45, 2.75) is 18.1 Å². The fourth-order valence-corrected chi connectivity index (χ4v) is 1.54. The molecule has 2 nitrogen and oxygen atoms in total. The number of thioether (sulfide) groups is 1. The molecule has 0 bridgehead atoms. The topological polar surface area (TPSA) is 30.0 Å². The average molecular weight is 235 g/mol. The Morgan fingerprint density at radius 3 is 2.73 bits per heavy atom. The lowest BCUT2D eigenvalue weighted by molar-refractivity contribution is -0.137. The van der Waals surface area contributed by atoms with Gasteiger partial charge in [0.1, 0.15) is 5.78 Å². The second kappa shape index (κ2) is 4.65. The van der Waals surface area contributed by atoms with Gasteiger partial charge in [-0.3, -0.25) is 4.79 Å². The highest BCUT2D eigenvalue weighted by molar-refractivity contribution is 7.99. The standard InChI is InChI=1S/C9H8F3NOS/c1-6(14)5-15-8-4-7(2-3-13-8)9(10,11)12/h2-4H,5H2,1H3. The summed E-state index contributed by atoms with van der Waals surface area (Å²) >= 11 is 0.998. The number of ketones is 1. The number of rotatable bonds is 3. The molecular weight excluding hydrogens is 227 g/mol. The van der Waals surface area contributed by atoms with Gasteiger partial charge in [0.25, 0.3) is 0 Å². The number of hydrogen-bond donors (Lipinski definition) is 0. The van der Waals surface area contributed by atoms with Gasteiger partial charge in [-0.15, -0.1) is 0 Å². The first-order valence-electron chi connectivity index (χ1n) is 4.05. The second-order valence-corrected chi connectivity index (χ2v) is 3.87. The zero-order chi connectivity index (χ0) is 11.5. The van der Waals surface area contributed by atoms with Crippen LogP contribution in [0.2, 0.25) is 0 Å². The third kappa shape index (κ3) is 3.91. The molecule has 0 amide bonds. The minimum atomic E-state index is -4.37. The summed E-state index contributed by atoms with van der Waals surface area (Å²) in [6.07, 6.45) is -3.28. The van der Waals surface area contributed by atoms with Crippen molar-refractivity contribution >= 4 is 17.5 Å². The van der Waals surface area contributed by atoms with Crippen LogP contribution in [0.15, 0.2) is 23.4 Å². The molecule has 0 spiro atoms. The molecule has 1 aromatic rings. The van der Waals surface area contributed by atoms with Crippen molar-refractivity contribution in [2.75, 3.05) is 5.75 Å². The van der Waals surface area contributed by atoms with Crippen LogP contribution in [0.3, 0.4) is 0 Å². The molecule has 0 aromatic carbocycles.